The molecule has 0 amide bonds. The minimum absolute atomic E-state index is 0.00507. The fourth-order valence-electron chi connectivity index (χ4n) is 3.39. The van der Waals surface area contributed by atoms with Gasteiger partial charge in [0.25, 0.3) is 0 Å². The van der Waals surface area contributed by atoms with E-state index in [1.54, 1.807) is 12.1 Å². The van der Waals surface area contributed by atoms with Crippen LogP contribution in [0.3, 0.4) is 0 Å². The van der Waals surface area contributed by atoms with Crippen LogP contribution >= 0.6 is 0 Å². The number of amidine groups is 1. The first-order chi connectivity index (χ1) is 10.1. The summed E-state index contributed by atoms with van der Waals surface area (Å²) in [7, 11) is 0. The van der Waals surface area contributed by atoms with Gasteiger partial charge in [0.2, 0.25) is 0 Å². The van der Waals surface area contributed by atoms with Gasteiger partial charge in [-0.3, -0.25) is 5.41 Å². The van der Waals surface area contributed by atoms with E-state index in [9.17, 15) is 4.39 Å². The summed E-state index contributed by atoms with van der Waals surface area (Å²) in [5.41, 5.74) is 5.69. The number of ether oxygens (including phenoxy) is 2. The van der Waals surface area contributed by atoms with E-state index in [1.807, 2.05) is 0 Å². The fourth-order valence-corrected chi connectivity index (χ4v) is 3.39. The van der Waals surface area contributed by atoms with Crippen molar-refractivity contribution in [1.82, 2.24) is 0 Å². The Morgan fingerprint density at radius 1 is 1.38 bits per heavy atom. The van der Waals surface area contributed by atoms with E-state index in [0.29, 0.717) is 12.2 Å². The van der Waals surface area contributed by atoms with Gasteiger partial charge in [-0.1, -0.05) is 12.8 Å². The third kappa shape index (κ3) is 3.02. The molecule has 1 aromatic carbocycles. The second-order valence-corrected chi connectivity index (χ2v) is 6.03. The molecule has 0 bridgehead atoms. The van der Waals surface area contributed by atoms with E-state index in [0.717, 1.165) is 25.7 Å². The van der Waals surface area contributed by atoms with E-state index in [1.165, 1.54) is 18.9 Å². The molecule has 2 fully saturated rings. The Bertz CT molecular complexity index is 541. The van der Waals surface area contributed by atoms with E-state index in [-0.39, 0.29) is 23.3 Å². The summed E-state index contributed by atoms with van der Waals surface area (Å²) in [6, 6.07) is 4.43. The average Bonchev–Trinajstić information content (AvgIpc) is 2.89. The van der Waals surface area contributed by atoms with E-state index >= 15 is 0 Å². The van der Waals surface area contributed by atoms with E-state index < -0.39 is 5.82 Å². The number of hydrogen-bond donors (Lipinski definition) is 2. The predicted molar refractivity (Wildman–Crippen MR) is 78.2 cm³/mol. The smallest absolute Gasteiger partial charge is 0.165 e. The molecule has 4 nitrogen and oxygen atoms in total. The molecular formula is C16H21FN2O2. The fraction of sp³-hybridized carbons (Fsp3) is 0.562. The van der Waals surface area contributed by atoms with Gasteiger partial charge < -0.3 is 15.2 Å². The first-order valence-electron chi connectivity index (χ1n) is 7.53. The molecule has 0 aromatic heterocycles. The molecule has 1 spiro atoms. The van der Waals surface area contributed by atoms with Gasteiger partial charge in [0, 0.05) is 18.4 Å². The van der Waals surface area contributed by atoms with Crippen molar-refractivity contribution in [3.8, 4) is 5.75 Å². The highest BCUT2D eigenvalue weighted by atomic mass is 19.1. The Kier molecular flexibility index (Phi) is 3.85. The van der Waals surface area contributed by atoms with Crippen molar-refractivity contribution >= 4 is 5.84 Å². The summed E-state index contributed by atoms with van der Waals surface area (Å²) < 4.78 is 25.8. The van der Waals surface area contributed by atoms with Gasteiger partial charge in [-0.05, 0) is 31.0 Å². The molecule has 3 N–H and O–H groups in total. The maximum Gasteiger partial charge on any atom is 0.165 e. The predicted octanol–water partition coefficient (Wildman–Crippen LogP) is 2.98. The Morgan fingerprint density at radius 3 is 2.81 bits per heavy atom. The zero-order valence-corrected chi connectivity index (χ0v) is 12.0. The van der Waals surface area contributed by atoms with Crippen molar-refractivity contribution in [3.63, 3.8) is 0 Å². The molecular weight excluding hydrogens is 271 g/mol. The van der Waals surface area contributed by atoms with Crippen LogP contribution < -0.4 is 10.5 Å². The molecule has 1 saturated heterocycles. The van der Waals surface area contributed by atoms with Gasteiger partial charge in [0.05, 0.1) is 12.2 Å². The van der Waals surface area contributed by atoms with Gasteiger partial charge >= 0.3 is 0 Å². The molecule has 1 aliphatic heterocycles. The van der Waals surface area contributed by atoms with Gasteiger partial charge in [0.1, 0.15) is 11.9 Å². The van der Waals surface area contributed by atoms with Crippen LogP contribution in [0.25, 0.3) is 0 Å². The molecule has 1 aliphatic carbocycles. The number of halogens is 1. The van der Waals surface area contributed by atoms with Crippen LogP contribution in [0.1, 0.15) is 44.1 Å². The number of benzene rings is 1. The first-order valence-corrected chi connectivity index (χ1v) is 7.53. The standard InChI is InChI=1S/C16H21FN2O2/c17-13-9-11(15(18)19)3-4-14(13)21-12-5-8-20-16(10-12)6-1-2-7-16/h3-4,9,12H,1-2,5-8,10H2,(H3,18,19). The summed E-state index contributed by atoms with van der Waals surface area (Å²) in [6.07, 6.45) is 6.19. The molecule has 5 heteroatoms. The lowest BCUT2D eigenvalue weighted by atomic mass is 9.90. The average molecular weight is 292 g/mol. The van der Waals surface area contributed by atoms with Gasteiger partial charge in [-0.25, -0.2) is 4.39 Å². The van der Waals surface area contributed by atoms with Gasteiger partial charge in [0.15, 0.2) is 11.6 Å². The minimum Gasteiger partial charge on any atom is -0.487 e. The molecule has 2 aliphatic rings. The van der Waals surface area contributed by atoms with E-state index in [2.05, 4.69) is 0 Å². The molecule has 1 unspecified atom stereocenters. The van der Waals surface area contributed by atoms with Crippen LogP contribution in [0, 0.1) is 11.2 Å². The number of nitrogens with two attached hydrogens (primary N) is 1. The zero-order chi connectivity index (χ0) is 14.9. The number of hydrogen-bond acceptors (Lipinski definition) is 3. The van der Waals surface area contributed by atoms with Crippen LogP contribution in [0.4, 0.5) is 4.39 Å². The van der Waals surface area contributed by atoms with Crippen LogP contribution in [-0.4, -0.2) is 24.1 Å². The molecule has 0 radical (unpaired) electrons. The second-order valence-electron chi connectivity index (χ2n) is 6.03. The van der Waals surface area contributed by atoms with Crippen LogP contribution in [0.5, 0.6) is 5.75 Å². The molecule has 114 valence electrons. The van der Waals surface area contributed by atoms with Crippen molar-refractivity contribution in [3.05, 3.63) is 29.6 Å². The van der Waals surface area contributed by atoms with Crippen LogP contribution in [-0.2, 0) is 4.74 Å². The van der Waals surface area contributed by atoms with Crippen LogP contribution in [0.2, 0.25) is 0 Å². The van der Waals surface area contributed by atoms with Crippen molar-refractivity contribution < 1.29 is 13.9 Å². The molecule has 1 heterocycles. The number of nitrogen functional groups attached to an aromatic ring is 1. The first kappa shape index (κ1) is 14.3. The summed E-state index contributed by atoms with van der Waals surface area (Å²) >= 11 is 0. The zero-order valence-electron chi connectivity index (χ0n) is 12.0. The monoisotopic (exact) mass is 292 g/mol. The van der Waals surface area contributed by atoms with Crippen molar-refractivity contribution in [2.24, 2.45) is 5.73 Å². The van der Waals surface area contributed by atoms with Crippen molar-refractivity contribution in [1.29, 1.82) is 5.41 Å². The Balaban J connectivity index is 1.70. The topological polar surface area (TPSA) is 68.3 Å². The highest BCUT2D eigenvalue weighted by Gasteiger charge is 2.40. The van der Waals surface area contributed by atoms with Gasteiger partial charge in [-0.15, -0.1) is 0 Å². The normalized spacial score (nSPS) is 24.1. The second kappa shape index (κ2) is 5.64. The third-order valence-corrected chi connectivity index (χ3v) is 4.50. The minimum atomic E-state index is -0.463. The number of rotatable bonds is 3. The van der Waals surface area contributed by atoms with Crippen molar-refractivity contribution in [2.75, 3.05) is 6.61 Å². The lowest BCUT2D eigenvalue weighted by Gasteiger charge is -2.38. The van der Waals surface area contributed by atoms with Crippen molar-refractivity contribution in [2.45, 2.75) is 50.2 Å². The maximum absolute atomic E-state index is 14.0. The third-order valence-electron chi connectivity index (χ3n) is 4.50. The molecule has 21 heavy (non-hydrogen) atoms. The molecule has 1 aromatic rings. The lowest BCUT2D eigenvalue weighted by molar-refractivity contribution is -0.108. The lowest BCUT2D eigenvalue weighted by Crippen LogP contribution is -2.41. The Hall–Kier alpha value is -1.62. The number of nitrogens with one attached hydrogen (secondary N) is 1. The summed E-state index contributed by atoms with van der Waals surface area (Å²) in [5, 5.41) is 7.32. The summed E-state index contributed by atoms with van der Waals surface area (Å²) in [5.74, 6) is -0.369. The Labute approximate surface area is 123 Å². The van der Waals surface area contributed by atoms with Gasteiger partial charge in [-0.2, -0.15) is 0 Å². The van der Waals surface area contributed by atoms with Crippen LogP contribution in [0.15, 0.2) is 18.2 Å². The SMILES string of the molecule is N=C(N)c1ccc(OC2CCOC3(CCCC3)C2)c(F)c1. The molecule has 1 saturated carbocycles. The molecule has 3 rings (SSSR count). The Morgan fingerprint density at radius 2 is 2.14 bits per heavy atom. The van der Waals surface area contributed by atoms with E-state index in [4.69, 9.17) is 20.6 Å². The quantitative estimate of drug-likeness (QED) is 0.664. The highest BCUT2D eigenvalue weighted by Crippen LogP contribution is 2.41. The largest absolute Gasteiger partial charge is 0.487 e. The summed E-state index contributed by atoms with van der Waals surface area (Å²) in [6.45, 7) is 0.678. The molecule has 1 atom stereocenters. The maximum atomic E-state index is 14.0. The summed E-state index contributed by atoms with van der Waals surface area (Å²) in [4.78, 5) is 0. The highest BCUT2D eigenvalue weighted by molar-refractivity contribution is 5.95.